The Labute approximate surface area is 166 Å². The SMILES string of the molecule is O=C(Nc1cccc(Cl)c1)Nc1ccccc1C1CC=CC2=C1C(F)NC2=O. The zero-order valence-electron chi connectivity index (χ0n) is 14.7. The zero-order chi connectivity index (χ0) is 19.7. The van der Waals surface area contributed by atoms with Crippen molar-refractivity contribution in [1.29, 1.82) is 0 Å². The summed E-state index contributed by atoms with van der Waals surface area (Å²) >= 11 is 5.94. The van der Waals surface area contributed by atoms with Crippen molar-refractivity contribution in [3.63, 3.8) is 0 Å². The molecule has 7 heteroatoms. The fourth-order valence-electron chi connectivity index (χ4n) is 3.58. The molecule has 2 aromatic rings. The van der Waals surface area contributed by atoms with Gasteiger partial charge in [-0.25, -0.2) is 9.18 Å². The molecule has 1 aliphatic carbocycles. The van der Waals surface area contributed by atoms with Crippen LogP contribution in [0, 0.1) is 0 Å². The van der Waals surface area contributed by atoms with Crippen LogP contribution in [0.3, 0.4) is 0 Å². The lowest BCUT2D eigenvalue weighted by molar-refractivity contribution is -0.117. The minimum atomic E-state index is -1.52. The van der Waals surface area contributed by atoms with Gasteiger partial charge in [-0.2, -0.15) is 0 Å². The zero-order valence-corrected chi connectivity index (χ0v) is 15.5. The summed E-state index contributed by atoms with van der Waals surface area (Å²) in [7, 11) is 0. The molecule has 3 amide bonds. The number of nitrogens with one attached hydrogen (secondary N) is 3. The molecule has 1 aliphatic heterocycles. The van der Waals surface area contributed by atoms with Crippen molar-refractivity contribution in [3.05, 3.63) is 82.4 Å². The van der Waals surface area contributed by atoms with E-state index in [1.54, 1.807) is 42.5 Å². The Kier molecular flexibility index (Phi) is 4.88. The smallest absolute Gasteiger partial charge is 0.319 e. The maximum atomic E-state index is 14.4. The van der Waals surface area contributed by atoms with Crippen molar-refractivity contribution in [2.24, 2.45) is 0 Å². The van der Waals surface area contributed by atoms with Gasteiger partial charge in [-0.1, -0.05) is 48.0 Å². The van der Waals surface area contributed by atoms with Crippen molar-refractivity contribution in [3.8, 4) is 0 Å². The van der Waals surface area contributed by atoms with Gasteiger partial charge >= 0.3 is 6.03 Å². The maximum Gasteiger partial charge on any atom is 0.323 e. The molecule has 142 valence electrons. The molecule has 0 aromatic heterocycles. The number of benzene rings is 2. The Morgan fingerprint density at radius 1 is 1.14 bits per heavy atom. The van der Waals surface area contributed by atoms with Gasteiger partial charge in [0, 0.05) is 33.5 Å². The predicted molar refractivity (Wildman–Crippen MR) is 107 cm³/mol. The van der Waals surface area contributed by atoms with Gasteiger partial charge in [-0.05, 0) is 36.2 Å². The van der Waals surface area contributed by atoms with Crippen molar-refractivity contribution in [2.75, 3.05) is 10.6 Å². The summed E-state index contributed by atoms with van der Waals surface area (Å²) < 4.78 is 14.4. The van der Waals surface area contributed by atoms with Gasteiger partial charge in [-0.15, -0.1) is 0 Å². The molecule has 4 rings (SSSR count). The summed E-state index contributed by atoms with van der Waals surface area (Å²) in [4.78, 5) is 24.4. The molecule has 0 saturated carbocycles. The molecule has 28 heavy (non-hydrogen) atoms. The van der Waals surface area contributed by atoms with Crippen molar-refractivity contribution >= 4 is 34.9 Å². The van der Waals surface area contributed by atoms with E-state index in [-0.39, 0.29) is 5.92 Å². The standard InChI is InChI=1S/C21H17ClFN3O2/c22-12-5-3-6-13(11-12)24-21(28)25-17-10-2-1-7-14(17)15-8-4-9-16-18(15)19(23)26-20(16)27/h1-7,9-11,15,19H,8H2,(H,26,27)(H2,24,25,28). The number of carbonyl (C=O) groups excluding carboxylic acids is 2. The van der Waals surface area contributed by atoms with E-state index < -0.39 is 18.2 Å². The van der Waals surface area contributed by atoms with Crippen LogP contribution in [0.1, 0.15) is 17.9 Å². The number of amides is 3. The van der Waals surface area contributed by atoms with Crippen LogP contribution >= 0.6 is 11.6 Å². The maximum absolute atomic E-state index is 14.4. The topological polar surface area (TPSA) is 70.2 Å². The van der Waals surface area contributed by atoms with Gasteiger partial charge in [0.2, 0.25) is 0 Å². The third-order valence-electron chi connectivity index (χ3n) is 4.79. The van der Waals surface area contributed by atoms with Crippen LogP contribution in [-0.2, 0) is 4.79 Å². The summed E-state index contributed by atoms with van der Waals surface area (Å²) in [5.74, 6) is -0.746. The van der Waals surface area contributed by atoms with E-state index in [1.807, 2.05) is 18.2 Å². The Morgan fingerprint density at radius 2 is 1.96 bits per heavy atom. The highest BCUT2D eigenvalue weighted by atomic mass is 35.5. The van der Waals surface area contributed by atoms with Crippen molar-refractivity contribution < 1.29 is 14.0 Å². The number of halogens is 2. The molecular formula is C21H17ClFN3O2. The van der Waals surface area contributed by atoms with Gasteiger partial charge in [-0.3, -0.25) is 4.79 Å². The third kappa shape index (κ3) is 3.51. The summed E-state index contributed by atoms with van der Waals surface area (Å²) in [6.07, 6.45) is 2.53. The van der Waals surface area contributed by atoms with Crippen LogP contribution in [0.25, 0.3) is 0 Å². The molecule has 0 fully saturated rings. The second kappa shape index (κ2) is 7.48. The van der Waals surface area contributed by atoms with Gasteiger partial charge in [0.15, 0.2) is 6.30 Å². The molecule has 3 N–H and O–H groups in total. The fraction of sp³-hybridized carbons (Fsp3) is 0.143. The number of hydrogen-bond donors (Lipinski definition) is 3. The third-order valence-corrected chi connectivity index (χ3v) is 5.02. The Balaban J connectivity index is 1.59. The van der Waals surface area contributed by atoms with Crippen LogP contribution in [0.15, 0.2) is 71.8 Å². The number of rotatable bonds is 3. The fourth-order valence-corrected chi connectivity index (χ4v) is 3.77. The van der Waals surface area contributed by atoms with Crippen LogP contribution in [-0.4, -0.2) is 18.2 Å². The molecule has 0 spiro atoms. The van der Waals surface area contributed by atoms with E-state index in [9.17, 15) is 14.0 Å². The molecule has 2 aromatic carbocycles. The van der Waals surface area contributed by atoms with E-state index >= 15 is 0 Å². The number of anilines is 2. The minimum Gasteiger partial charge on any atom is -0.319 e. The first-order valence-corrected chi connectivity index (χ1v) is 9.19. The summed E-state index contributed by atoms with van der Waals surface area (Å²) in [6.45, 7) is 0. The summed E-state index contributed by atoms with van der Waals surface area (Å²) in [6, 6.07) is 13.6. The van der Waals surface area contributed by atoms with Crippen molar-refractivity contribution in [1.82, 2.24) is 5.32 Å². The van der Waals surface area contributed by atoms with Crippen LogP contribution in [0.4, 0.5) is 20.6 Å². The average molecular weight is 398 g/mol. The highest BCUT2D eigenvalue weighted by Gasteiger charge is 2.37. The average Bonchev–Trinajstić information content (AvgIpc) is 2.96. The van der Waals surface area contributed by atoms with Crippen LogP contribution in [0.2, 0.25) is 5.02 Å². The number of alkyl halides is 1. The van der Waals surface area contributed by atoms with Gasteiger partial charge < -0.3 is 16.0 Å². The number of urea groups is 1. The first-order chi connectivity index (χ1) is 13.5. The minimum absolute atomic E-state index is 0.336. The molecule has 1 heterocycles. The Bertz CT molecular complexity index is 1020. The number of hydrogen-bond acceptors (Lipinski definition) is 2. The lowest BCUT2D eigenvalue weighted by Crippen LogP contribution is -2.26. The number of para-hydroxylation sites is 1. The molecular weight excluding hydrogens is 381 g/mol. The second-order valence-corrected chi connectivity index (χ2v) is 7.01. The summed E-state index contributed by atoms with van der Waals surface area (Å²) in [5.41, 5.74) is 2.64. The normalized spacial score (nSPS) is 20.6. The molecule has 0 radical (unpaired) electrons. The first kappa shape index (κ1) is 18.3. The summed E-state index contributed by atoms with van der Waals surface area (Å²) in [5, 5.41) is 8.36. The second-order valence-electron chi connectivity index (χ2n) is 6.57. The van der Waals surface area contributed by atoms with Gasteiger partial charge in [0.1, 0.15) is 0 Å². The van der Waals surface area contributed by atoms with E-state index in [0.29, 0.717) is 34.0 Å². The Hall–Kier alpha value is -3.12. The van der Waals surface area contributed by atoms with E-state index in [4.69, 9.17) is 11.6 Å². The quantitative estimate of drug-likeness (QED) is 0.654. The molecule has 0 bridgehead atoms. The first-order valence-electron chi connectivity index (χ1n) is 8.81. The lowest BCUT2D eigenvalue weighted by atomic mass is 9.82. The van der Waals surface area contributed by atoms with Gasteiger partial charge in [0.05, 0.1) is 0 Å². The monoisotopic (exact) mass is 397 g/mol. The number of allylic oxidation sites excluding steroid dienone is 1. The predicted octanol–water partition coefficient (Wildman–Crippen LogP) is 4.75. The van der Waals surface area contributed by atoms with Crippen molar-refractivity contribution in [2.45, 2.75) is 18.6 Å². The number of carbonyl (C=O) groups is 2. The van der Waals surface area contributed by atoms with E-state index in [1.165, 1.54) is 0 Å². The highest BCUT2D eigenvalue weighted by Crippen LogP contribution is 2.41. The lowest BCUT2D eigenvalue weighted by Gasteiger charge is -2.24. The highest BCUT2D eigenvalue weighted by molar-refractivity contribution is 6.30. The van der Waals surface area contributed by atoms with Crippen LogP contribution in [0.5, 0.6) is 0 Å². The largest absolute Gasteiger partial charge is 0.323 e. The molecule has 2 unspecified atom stereocenters. The van der Waals surface area contributed by atoms with E-state index in [2.05, 4.69) is 16.0 Å². The molecule has 2 aliphatic rings. The van der Waals surface area contributed by atoms with E-state index in [0.717, 1.165) is 5.56 Å². The van der Waals surface area contributed by atoms with Gasteiger partial charge in [0.25, 0.3) is 5.91 Å². The molecule has 2 atom stereocenters. The Morgan fingerprint density at radius 3 is 2.79 bits per heavy atom. The molecule has 5 nitrogen and oxygen atoms in total. The molecule has 0 saturated heterocycles. The van der Waals surface area contributed by atoms with Crippen LogP contribution < -0.4 is 16.0 Å².